The molecule has 0 saturated carbocycles. The van der Waals surface area contributed by atoms with E-state index in [-0.39, 0.29) is 49.9 Å². The number of nitrogens with one attached hydrogen (secondary N) is 1. The molecule has 1 aromatic heterocycles. The Kier molecular flexibility index (Phi) is 11.0. The molecule has 4 aromatic carbocycles. The number of carbonyl (C=O) groups is 2. The zero-order valence-corrected chi connectivity index (χ0v) is 27.2. The van der Waals surface area contributed by atoms with E-state index in [1.807, 2.05) is 72.8 Å². The number of rotatable bonds is 13. The highest BCUT2D eigenvalue weighted by Crippen LogP contribution is 2.40. The monoisotopic (exact) mass is 681 g/mol. The maximum Gasteiger partial charge on any atom is 0.303 e. The number of phenols is 1. The van der Waals surface area contributed by atoms with Gasteiger partial charge < -0.3 is 30.1 Å². The molecule has 3 unspecified atom stereocenters. The van der Waals surface area contributed by atoms with Gasteiger partial charge in [0.1, 0.15) is 5.75 Å². The fourth-order valence-corrected chi connectivity index (χ4v) is 6.40. The number of amides is 1. The Morgan fingerprint density at radius 2 is 1.63 bits per heavy atom. The average molecular weight is 682 g/mol. The number of aliphatic hydroxyl groups excluding tert-OH is 1. The third-order valence-corrected chi connectivity index (χ3v) is 9.15. The van der Waals surface area contributed by atoms with Gasteiger partial charge in [-0.1, -0.05) is 84.6 Å². The van der Waals surface area contributed by atoms with Crippen molar-refractivity contribution in [2.45, 2.75) is 56.1 Å². The molecule has 1 aliphatic rings. The molecule has 6 rings (SSSR count). The molecule has 1 fully saturated rings. The van der Waals surface area contributed by atoms with Crippen molar-refractivity contribution in [3.8, 4) is 22.6 Å². The van der Waals surface area contributed by atoms with Gasteiger partial charge >= 0.3 is 5.97 Å². The highest BCUT2D eigenvalue weighted by molar-refractivity contribution is 7.99. The van der Waals surface area contributed by atoms with Gasteiger partial charge in [-0.3, -0.25) is 9.59 Å². The SMILES string of the molecule is O=C(O)CCC(=O)NCc1ccccc1-c1ccc(C2OC(CSc3nnnn3-c3ccc(O)cc3)CC(c3ccc(CO)cc3)O2)cc1. The number of benzene rings is 4. The summed E-state index contributed by atoms with van der Waals surface area (Å²) in [7, 11) is 0. The first kappa shape index (κ1) is 33.8. The van der Waals surface area contributed by atoms with E-state index in [1.54, 1.807) is 28.9 Å². The Morgan fingerprint density at radius 1 is 0.898 bits per heavy atom. The molecular weight excluding hydrogens is 646 g/mol. The molecule has 0 bridgehead atoms. The maximum atomic E-state index is 12.1. The van der Waals surface area contributed by atoms with Gasteiger partial charge in [0.25, 0.3) is 0 Å². The van der Waals surface area contributed by atoms with E-state index >= 15 is 0 Å². The summed E-state index contributed by atoms with van der Waals surface area (Å²) < 4.78 is 14.7. The number of aliphatic hydroxyl groups is 1. The molecule has 0 spiro atoms. The number of hydrogen-bond donors (Lipinski definition) is 4. The fourth-order valence-electron chi connectivity index (χ4n) is 5.49. The summed E-state index contributed by atoms with van der Waals surface area (Å²) in [6.07, 6.45) is -0.848. The first-order valence-corrected chi connectivity index (χ1v) is 16.7. The van der Waals surface area contributed by atoms with Crippen molar-refractivity contribution in [3.05, 3.63) is 119 Å². The number of phenolic OH excluding ortho intramolecular Hbond substituents is 1. The van der Waals surface area contributed by atoms with Gasteiger partial charge in [-0.2, -0.15) is 4.68 Å². The lowest BCUT2D eigenvalue weighted by atomic mass is 9.97. The van der Waals surface area contributed by atoms with E-state index in [0.717, 1.165) is 39.1 Å². The van der Waals surface area contributed by atoms with Crippen molar-refractivity contribution < 1.29 is 34.4 Å². The predicted octanol–water partition coefficient (Wildman–Crippen LogP) is 5.35. The lowest BCUT2D eigenvalue weighted by molar-refractivity contribution is -0.245. The van der Waals surface area contributed by atoms with Crippen molar-refractivity contribution in [1.82, 2.24) is 25.5 Å². The number of carboxylic acid groups (broad SMARTS) is 1. The maximum absolute atomic E-state index is 12.1. The molecule has 49 heavy (non-hydrogen) atoms. The fraction of sp³-hybridized carbons (Fsp3) is 0.250. The molecule has 1 saturated heterocycles. The second kappa shape index (κ2) is 15.9. The average Bonchev–Trinajstić information content (AvgIpc) is 3.61. The molecular formula is C36H35N5O7S. The van der Waals surface area contributed by atoms with Gasteiger partial charge in [0.2, 0.25) is 11.1 Å². The van der Waals surface area contributed by atoms with Crippen LogP contribution in [0, 0.1) is 0 Å². The number of aromatic nitrogens is 4. The lowest BCUT2D eigenvalue weighted by Crippen LogP contribution is -2.31. The summed E-state index contributed by atoms with van der Waals surface area (Å²) in [5.74, 6) is -0.622. The molecule has 3 atom stereocenters. The zero-order valence-electron chi connectivity index (χ0n) is 26.4. The smallest absolute Gasteiger partial charge is 0.303 e. The topological polar surface area (TPSA) is 169 Å². The van der Waals surface area contributed by atoms with E-state index < -0.39 is 12.3 Å². The molecule has 0 radical (unpaired) electrons. The van der Waals surface area contributed by atoms with Crippen molar-refractivity contribution in [1.29, 1.82) is 0 Å². The molecule has 5 aromatic rings. The summed E-state index contributed by atoms with van der Waals surface area (Å²) in [4.78, 5) is 23.0. The van der Waals surface area contributed by atoms with Crippen molar-refractivity contribution in [3.63, 3.8) is 0 Å². The Balaban J connectivity index is 1.19. The summed E-state index contributed by atoms with van der Waals surface area (Å²) >= 11 is 1.46. The van der Waals surface area contributed by atoms with Crippen LogP contribution in [0.5, 0.6) is 5.75 Å². The van der Waals surface area contributed by atoms with Crippen LogP contribution in [0.2, 0.25) is 0 Å². The number of ether oxygens (including phenoxy) is 2. The van der Waals surface area contributed by atoms with Gasteiger partial charge in [0, 0.05) is 30.7 Å². The van der Waals surface area contributed by atoms with Gasteiger partial charge in [0.05, 0.1) is 30.9 Å². The normalized spacial score (nSPS) is 17.4. The van der Waals surface area contributed by atoms with Gasteiger partial charge in [-0.15, -0.1) is 5.10 Å². The molecule has 252 valence electrons. The third-order valence-electron chi connectivity index (χ3n) is 8.10. The lowest BCUT2D eigenvalue weighted by Gasteiger charge is -2.36. The first-order valence-electron chi connectivity index (χ1n) is 15.7. The number of carbonyl (C=O) groups excluding carboxylic acids is 1. The molecule has 1 amide bonds. The van der Waals surface area contributed by atoms with Crippen LogP contribution < -0.4 is 5.32 Å². The minimum Gasteiger partial charge on any atom is -0.508 e. The van der Waals surface area contributed by atoms with Crippen molar-refractivity contribution >= 4 is 23.6 Å². The second-order valence-corrected chi connectivity index (χ2v) is 12.5. The summed E-state index contributed by atoms with van der Waals surface area (Å²) in [5.41, 5.74) is 6.15. The van der Waals surface area contributed by atoms with Crippen LogP contribution in [0.1, 0.15) is 53.9 Å². The molecule has 12 nitrogen and oxygen atoms in total. The largest absolute Gasteiger partial charge is 0.508 e. The van der Waals surface area contributed by atoms with Gasteiger partial charge in [-0.05, 0) is 62.5 Å². The van der Waals surface area contributed by atoms with E-state index in [4.69, 9.17) is 14.6 Å². The Labute approximate surface area is 286 Å². The number of aromatic hydroxyl groups is 1. The number of carboxylic acids is 1. The molecule has 4 N–H and O–H groups in total. The quantitative estimate of drug-likeness (QED) is 0.118. The highest BCUT2D eigenvalue weighted by atomic mass is 32.2. The van der Waals surface area contributed by atoms with Crippen LogP contribution in [-0.4, -0.2) is 59.3 Å². The Bertz CT molecular complexity index is 1870. The van der Waals surface area contributed by atoms with Crippen LogP contribution in [-0.2, 0) is 32.2 Å². The zero-order chi connectivity index (χ0) is 34.2. The summed E-state index contributed by atoms with van der Waals surface area (Å²) in [5, 5.41) is 43.7. The summed E-state index contributed by atoms with van der Waals surface area (Å²) in [6, 6.07) is 30.0. The van der Waals surface area contributed by atoms with Crippen molar-refractivity contribution in [2.75, 3.05) is 5.75 Å². The number of aliphatic carboxylic acids is 1. The van der Waals surface area contributed by atoms with E-state index in [1.165, 1.54) is 11.8 Å². The molecule has 13 heteroatoms. The van der Waals surface area contributed by atoms with E-state index in [9.17, 15) is 19.8 Å². The number of tetrazole rings is 1. The minimum atomic E-state index is -1.01. The van der Waals surface area contributed by atoms with Crippen LogP contribution >= 0.6 is 11.8 Å². The number of nitrogens with zero attached hydrogens (tertiary/aromatic N) is 4. The molecule has 1 aliphatic heterocycles. The minimum absolute atomic E-state index is 0.0425. The number of thioether (sulfide) groups is 1. The van der Waals surface area contributed by atoms with Crippen LogP contribution in [0.3, 0.4) is 0 Å². The van der Waals surface area contributed by atoms with E-state index in [2.05, 4.69) is 20.8 Å². The number of hydrogen-bond acceptors (Lipinski definition) is 10. The van der Waals surface area contributed by atoms with Gasteiger partial charge in [0.15, 0.2) is 6.29 Å². The second-order valence-electron chi connectivity index (χ2n) is 11.5. The van der Waals surface area contributed by atoms with Gasteiger partial charge in [-0.25, -0.2) is 0 Å². The van der Waals surface area contributed by atoms with E-state index in [0.29, 0.717) is 17.3 Å². The predicted molar refractivity (Wildman–Crippen MR) is 181 cm³/mol. The van der Waals surface area contributed by atoms with Crippen molar-refractivity contribution in [2.24, 2.45) is 0 Å². The third kappa shape index (κ3) is 8.69. The van der Waals surface area contributed by atoms with Crippen LogP contribution in [0.25, 0.3) is 16.8 Å². The molecule has 2 heterocycles. The standard InChI is InChI=1S/C36H35N5O7S/c42-21-23-5-7-25(8-6-23)32-19-30(22-49-36-38-39-40-41(36)28-13-15-29(43)16-14-28)47-35(48-32)26-11-9-24(10-12-26)31-4-2-1-3-27(31)20-37-33(44)17-18-34(45)46/h1-16,30,32,35,42-43H,17-22H2,(H,37,44)(H,45,46). The molecule has 0 aliphatic carbocycles. The highest BCUT2D eigenvalue weighted by Gasteiger charge is 2.33. The Morgan fingerprint density at radius 3 is 2.37 bits per heavy atom. The van der Waals surface area contributed by atoms with Crippen LogP contribution in [0.4, 0.5) is 0 Å². The Hall–Kier alpha value is -5.08. The van der Waals surface area contributed by atoms with Crippen LogP contribution in [0.15, 0.2) is 102 Å². The summed E-state index contributed by atoms with van der Waals surface area (Å²) in [6.45, 7) is 0.233. The first-order chi connectivity index (χ1) is 23.9.